The fourth-order valence-electron chi connectivity index (χ4n) is 4.47. The molecule has 2 saturated heterocycles. The lowest BCUT2D eigenvalue weighted by Crippen LogP contribution is -2.52. The monoisotopic (exact) mass is 412 g/mol. The second kappa shape index (κ2) is 9.55. The molecule has 0 aromatic carbocycles. The van der Waals surface area contributed by atoms with Crippen LogP contribution >= 0.6 is 0 Å². The van der Waals surface area contributed by atoms with Crippen molar-refractivity contribution < 1.29 is 9.32 Å². The lowest BCUT2D eigenvalue weighted by molar-refractivity contribution is -0.137. The van der Waals surface area contributed by atoms with Gasteiger partial charge in [-0.15, -0.1) is 0 Å². The predicted molar refractivity (Wildman–Crippen MR) is 115 cm³/mol. The van der Waals surface area contributed by atoms with Crippen molar-refractivity contribution >= 4 is 11.7 Å². The van der Waals surface area contributed by atoms with E-state index in [2.05, 4.69) is 36.7 Å². The molecule has 4 rings (SSSR count). The Bertz CT molecular complexity index is 846. The number of rotatable bonds is 6. The molecule has 1 atom stereocenters. The van der Waals surface area contributed by atoms with Gasteiger partial charge < -0.3 is 14.3 Å². The number of piperazine rings is 1. The molecule has 2 fully saturated rings. The van der Waals surface area contributed by atoms with E-state index < -0.39 is 0 Å². The molecule has 2 aromatic heterocycles. The van der Waals surface area contributed by atoms with Crippen LogP contribution in [-0.2, 0) is 11.2 Å². The third-order valence-electron chi connectivity index (χ3n) is 6.09. The number of amides is 1. The van der Waals surface area contributed by atoms with Gasteiger partial charge in [0.05, 0.1) is 11.5 Å². The fourth-order valence-corrected chi connectivity index (χ4v) is 4.47. The van der Waals surface area contributed by atoms with Crippen LogP contribution in [0.25, 0.3) is 11.4 Å². The maximum atomic E-state index is 13.2. The first-order chi connectivity index (χ1) is 14.7. The average Bonchev–Trinajstić information content (AvgIpc) is 3.29. The smallest absolute Gasteiger partial charge is 0.227 e. The quantitative estimate of drug-likeness (QED) is 0.721. The molecule has 0 bridgehead atoms. The second-order valence-corrected chi connectivity index (χ2v) is 8.19. The number of aromatic nitrogens is 3. The highest BCUT2D eigenvalue weighted by molar-refractivity contribution is 5.80. The van der Waals surface area contributed by atoms with Crippen LogP contribution in [0.3, 0.4) is 0 Å². The van der Waals surface area contributed by atoms with E-state index in [0.717, 1.165) is 69.9 Å². The molecule has 1 amide bonds. The van der Waals surface area contributed by atoms with Crippen molar-refractivity contribution in [2.24, 2.45) is 5.92 Å². The van der Waals surface area contributed by atoms with Gasteiger partial charge in [-0.05, 0) is 37.9 Å². The third-order valence-corrected chi connectivity index (χ3v) is 6.09. The largest absolute Gasteiger partial charge is 0.355 e. The Hall–Kier alpha value is -2.48. The molecule has 0 N–H and O–H groups in total. The van der Waals surface area contributed by atoms with Gasteiger partial charge in [0.25, 0.3) is 0 Å². The van der Waals surface area contributed by atoms with E-state index in [9.17, 15) is 4.79 Å². The number of aryl methyl sites for hydroxylation is 1. The summed E-state index contributed by atoms with van der Waals surface area (Å²) in [6, 6.07) is 3.87. The first-order valence-corrected chi connectivity index (χ1v) is 11.2. The zero-order chi connectivity index (χ0) is 20.9. The lowest BCUT2D eigenvalue weighted by atomic mass is 9.95. The predicted octanol–water partition coefficient (Wildman–Crippen LogP) is 2.46. The Morgan fingerprint density at radius 1 is 1.20 bits per heavy atom. The molecule has 4 heterocycles. The number of hydrogen-bond donors (Lipinski definition) is 0. The average molecular weight is 413 g/mol. The molecule has 2 aromatic rings. The number of carbonyl (C=O) groups excluding carboxylic acids is 1. The zero-order valence-corrected chi connectivity index (χ0v) is 18.1. The Labute approximate surface area is 178 Å². The summed E-state index contributed by atoms with van der Waals surface area (Å²) in [6.45, 7) is 10.5. The summed E-state index contributed by atoms with van der Waals surface area (Å²) in [7, 11) is 0. The van der Waals surface area contributed by atoms with Crippen LogP contribution in [0.5, 0.6) is 0 Å². The number of hydrogen-bond acceptors (Lipinski definition) is 7. The van der Waals surface area contributed by atoms with E-state index in [4.69, 9.17) is 4.52 Å². The maximum absolute atomic E-state index is 13.2. The molecule has 0 aliphatic carbocycles. The van der Waals surface area contributed by atoms with Crippen molar-refractivity contribution in [2.45, 2.75) is 39.5 Å². The Morgan fingerprint density at radius 3 is 2.77 bits per heavy atom. The molecule has 30 heavy (non-hydrogen) atoms. The Morgan fingerprint density at radius 2 is 2.03 bits per heavy atom. The standard InChI is InChI=1S/C22H32N6O2/c1-3-10-26-12-14-27(15-13-26)22(29)17-7-6-11-28(16-17)21-18(8-5-9-23-21)20-24-19(4-2)30-25-20/h5,8-9,17H,3-4,6-7,10-16H2,1-2H3. The number of carbonyl (C=O) groups is 1. The van der Waals surface area contributed by atoms with Crippen molar-refractivity contribution in [3.63, 3.8) is 0 Å². The minimum absolute atomic E-state index is 0.0165. The van der Waals surface area contributed by atoms with Crippen LogP contribution < -0.4 is 4.90 Å². The molecule has 162 valence electrons. The van der Waals surface area contributed by atoms with Gasteiger partial charge in [0.2, 0.25) is 17.6 Å². The molecule has 0 radical (unpaired) electrons. The lowest BCUT2D eigenvalue weighted by Gasteiger charge is -2.39. The Balaban J connectivity index is 1.45. The van der Waals surface area contributed by atoms with Gasteiger partial charge in [-0.3, -0.25) is 9.69 Å². The van der Waals surface area contributed by atoms with Crippen molar-refractivity contribution in [2.75, 3.05) is 50.7 Å². The molecular formula is C22H32N6O2. The highest BCUT2D eigenvalue weighted by atomic mass is 16.5. The third kappa shape index (κ3) is 4.48. The molecule has 8 heteroatoms. The summed E-state index contributed by atoms with van der Waals surface area (Å²) >= 11 is 0. The zero-order valence-electron chi connectivity index (χ0n) is 18.1. The summed E-state index contributed by atoms with van der Waals surface area (Å²) in [5.41, 5.74) is 0.863. The summed E-state index contributed by atoms with van der Waals surface area (Å²) < 4.78 is 5.30. The summed E-state index contributed by atoms with van der Waals surface area (Å²) in [6.07, 6.45) is 5.58. The van der Waals surface area contributed by atoms with Gasteiger partial charge in [0, 0.05) is 51.9 Å². The van der Waals surface area contributed by atoms with E-state index in [-0.39, 0.29) is 5.92 Å². The molecule has 2 aliphatic heterocycles. The van der Waals surface area contributed by atoms with Crippen LogP contribution in [0.15, 0.2) is 22.9 Å². The summed E-state index contributed by atoms with van der Waals surface area (Å²) in [5, 5.41) is 4.13. The van der Waals surface area contributed by atoms with Crippen LogP contribution in [0.1, 0.15) is 39.0 Å². The first kappa shape index (κ1) is 20.8. The van der Waals surface area contributed by atoms with E-state index in [0.29, 0.717) is 30.6 Å². The normalized spacial score (nSPS) is 20.5. The molecule has 0 saturated carbocycles. The van der Waals surface area contributed by atoms with Gasteiger partial charge in [-0.25, -0.2) is 4.98 Å². The van der Waals surface area contributed by atoms with Crippen LogP contribution in [0.4, 0.5) is 5.82 Å². The highest BCUT2D eigenvalue weighted by Gasteiger charge is 2.32. The summed E-state index contributed by atoms with van der Waals surface area (Å²) in [4.78, 5) is 29.0. The number of nitrogens with zero attached hydrogens (tertiary/aromatic N) is 6. The SMILES string of the molecule is CCCN1CCN(C(=O)C2CCCN(c3ncccc3-c3noc(CC)n3)C2)CC1. The maximum Gasteiger partial charge on any atom is 0.227 e. The van der Waals surface area contributed by atoms with E-state index in [1.54, 1.807) is 6.20 Å². The number of piperidine rings is 1. The number of pyridine rings is 1. The van der Waals surface area contributed by atoms with Gasteiger partial charge >= 0.3 is 0 Å². The first-order valence-electron chi connectivity index (χ1n) is 11.2. The van der Waals surface area contributed by atoms with E-state index >= 15 is 0 Å². The van der Waals surface area contributed by atoms with Gasteiger partial charge in [0.15, 0.2) is 0 Å². The number of anilines is 1. The fraction of sp³-hybridized carbons (Fsp3) is 0.636. The van der Waals surface area contributed by atoms with Gasteiger partial charge in [0.1, 0.15) is 5.82 Å². The van der Waals surface area contributed by atoms with Crippen molar-refractivity contribution in [3.05, 3.63) is 24.2 Å². The van der Waals surface area contributed by atoms with Gasteiger partial charge in [-0.1, -0.05) is 19.0 Å². The van der Waals surface area contributed by atoms with Crippen molar-refractivity contribution in [1.29, 1.82) is 0 Å². The van der Waals surface area contributed by atoms with E-state index in [1.165, 1.54) is 0 Å². The summed E-state index contributed by atoms with van der Waals surface area (Å²) in [5.74, 6) is 2.33. The topological polar surface area (TPSA) is 78.6 Å². The minimum atomic E-state index is 0.0165. The van der Waals surface area contributed by atoms with Crippen LogP contribution in [-0.4, -0.2) is 76.6 Å². The second-order valence-electron chi connectivity index (χ2n) is 8.19. The molecule has 1 unspecified atom stereocenters. The van der Waals surface area contributed by atoms with E-state index in [1.807, 2.05) is 19.1 Å². The van der Waals surface area contributed by atoms with Crippen molar-refractivity contribution in [3.8, 4) is 11.4 Å². The molecule has 0 spiro atoms. The van der Waals surface area contributed by atoms with Crippen LogP contribution in [0, 0.1) is 5.92 Å². The van der Waals surface area contributed by atoms with Crippen LogP contribution in [0.2, 0.25) is 0 Å². The molecule has 2 aliphatic rings. The minimum Gasteiger partial charge on any atom is -0.355 e. The Kier molecular flexibility index (Phi) is 6.62. The van der Waals surface area contributed by atoms with Gasteiger partial charge in [-0.2, -0.15) is 4.98 Å². The highest BCUT2D eigenvalue weighted by Crippen LogP contribution is 2.30. The van der Waals surface area contributed by atoms with Crippen molar-refractivity contribution in [1.82, 2.24) is 24.9 Å². The molecule has 8 nitrogen and oxygen atoms in total. The molecular weight excluding hydrogens is 380 g/mol.